The first-order chi connectivity index (χ1) is 10.0. The number of hydrogen-bond acceptors (Lipinski definition) is 3. The van der Waals surface area contributed by atoms with Crippen LogP contribution in [0.1, 0.15) is 36.0 Å². The predicted octanol–water partition coefficient (Wildman–Crippen LogP) is 3.08. The molecule has 3 rings (SSSR count). The van der Waals surface area contributed by atoms with E-state index in [1.54, 1.807) is 0 Å². The summed E-state index contributed by atoms with van der Waals surface area (Å²) in [6.45, 7) is 8.19. The number of benzene rings is 1. The number of nitrogens with two attached hydrogens (primary N) is 1. The highest BCUT2D eigenvalue weighted by Crippen LogP contribution is 2.42. The Balaban J connectivity index is 1.79. The summed E-state index contributed by atoms with van der Waals surface area (Å²) in [7, 11) is 0. The number of fused-ring (bicyclic) bond motifs is 1. The van der Waals surface area contributed by atoms with Crippen molar-refractivity contribution in [2.24, 2.45) is 5.73 Å². The van der Waals surface area contributed by atoms with E-state index in [2.05, 4.69) is 24.8 Å². The normalized spacial score (nSPS) is 25.1. The number of ether oxygens (including phenoxy) is 1. The number of halogens is 1. The molecule has 1 aromatic rings. The lowest BCUT2D eigenvalue weighted by Crippen LogP contribution is -2.42. The second-order valence-corrected chi connectivity index (χ2v) is 6.94. The summed E-state index contributed by atoms with van der Waals surface area (Å²) in [5.41, 5.74) is 9.24. The van der Waals surface area contributed by atoms with E-state index in [0.29, 0.717) is 0 Å². The Labute approximate surface area is 132 Å². The van der Waals surface area contributed by atoms with Gasteiger partial charge in [0.25, 0.3) is 0 Å². The molecule has 1 spiro atoms. The van der Waals surface area contributed by atoms with Crippen LogP contribution in [0.4, 0.5) is 0 Å². The van der Waals surface area contributed by atoms with Crippen molar-refractivity contribution in [2.75, 3.05) is 26.2 Å². The molecule has 0 aliphatic carbocycles. The lowest BCUT2D eigenvalue weighted by atomic mass is 9.88. The van der Waals surface area contributed by atoms with Crippen molar-refractivity contribution < 1.29 is 4.74 Å². The highest BCUT2D eigenvalue weighted by atomic mass is 35.5. The van der Waals surface area contributed by atoms with Gasteiger partial charge in [-0.2, -0.15) is 0 Å². The van der Waals surface area contributed by atoms with Crippen LogP contribution in [0.25, 0.3) is 0 Å². The number of aryl methyl sites for hydroxylation is 1. The molecule has 1 aromatic carbocycles. The van der Waals surface area contributed by atoms with E-state index in [4.69, 9.17) is 22.1 Å². The lowest BCUT2D eigenvalue weighted by molar-refractivity contribution is 0.0542. The van der Waals surface area contributed by atoms with E-state index in [9.17, 15) is 0 Å². The summed E-state index contributed by atoms with van der Waals surface area (Å²) >= 11 is 6.37. The maximum Gasteiger partial charge on any atom is 0.124 e. The fourth-order valence-corrected chi connectivity index (χ4v) is 3.89. The van der Waals surface area contributed by atoms with Gasteiger partial charge in [-0.3, -0.25) is 4.90 Å². The van der Waals surface area contributed by atoms with Gasteiger partial charge < -0.3 is 10.5 Å². The molecule has 116 valence electrons. The van der Waals surface area contributed by atoms with Crippen molar-refractivity contribution in [3.63, 3.8) is 0 Å². The molecule has 0 aromatic heterocycles. The van der Waals surface area contributed by atoms with Crippen LogP contribution in [0, 0.1) is 13.8 Å². The number of likely N-dealkylation sites (tertiary alicyclic amines) is 1. The van der Waals surface area contributed by atoms with Crippen LogP contribution in [0.3, 0.4) is 0 Å². The lowest BCUT2D eigenvalue weighted by Gasteiger charge is -2.37. The van der Waals surface area contributed by atoms with Gasteiger partial charge in [0, 0.05) is 24.5 Å². The Morgan fingerprint density at radius 2 is 2.19 bits per heavy atom. The standard InChI is InChI=1S/C17H25ClN2O/c1-12-10-15-14(13(2)16(12)18)4-5-17(21-15)6-9-20(11-17)8-3-7-19/h10H,3-9,11,19H2,1-2H3. The number of rotatable bonds is 3. The van der Waals surface area contributed by atoms with Crippen LogP contribution in [0.15, 0.2) is 6.07 Å². The first-order valence-electron chi connectivity index (χ1n) is 7.95. The van der Waals surface area contributed by atoms with Crippen molar-refractivity contribution in [3.05, 3.63) is 27.8 Å². The molecule has 0 saturated carbocycles. The first kappa shape index (κ1) is 15.1. The molecule has 0 amide bonds. The van der Waals surface area contributed by atoms with Crippen LogP contribution in [-0.2, 0) is 6.42 Å². The van der Waals surface area contributed by atoms with Crippen LogP contribution in [0.5, 0.6) is 5.75 Å². The van der Waals surface area contributed by atoms with Gasteiger partial charge in [0.2, 0.25) is 0 Å². The minimum absolute atomic E-state index is 0.00824. The monoisotopic (exact) mass is 308 g/mol. The third-order valence-electron chi connectivity index (χ3n) is 5.00. The van der Waals surface area contributed by atoms with Crippen LogP contribution >= 0.6 is 11.6 Å². The maximum atomic E-state index is 6.48. The molecule has 0 radical (unpaired) electrons. The SMILES string of the molecule is Cc1cc2c(c(C)c1Cl)CCC1(CCN(CCCN)C1)O2. The Morgan fingerprint density at radius 3 is 2.95 bits per heavy atom. The summed E-state index contributed by atoms with van der Waals surface area (Å²) in [6, 6.07) is 2.12. The van der Waals surface area contributed by atoms with Gasteiger partial charge in [-0.15, -0.1) is 0 Å². The van der Waals surface area contributed by atoms with Crippen molar-refractivity contribution in [3.8, 4) is 5.75 Å². The fourth-order valence-electron chi connectivity index (χ4n) is 3.72. The molecule has 0 bridgehead atoms. The predicted molar refractivity (Wildman–Crippen MR) is 87.3 cm³/mol. The van der Waals surface area contributed by atoms with E-state index in [-0.39, 0.29) is 5.60 Å². The van der Waals surface area contributed by atoms with E-state index >= 15 is 0 Å². The van der Waals surface area contributed by atoms with Crippen LogP contribution < -0.4 is 10.5 Å². The molecule has 1 fully saturated rings. The van der Waals surface area contributed by atoms with Gasteiger partial charge in [0.05, 0.1) is 0 Å². The first-order valence-corrected chi connectivity index (χ1v) is 8.32. The van der Waals surface area contributed by atoms with Gasteiger partial charge in [0.15, 0.2) is 0 Å². The molecule has 1 saturated heterocycles. The van der Waals surface area contributed by atoms with Gasteiger partial charge >= 0.3 is 0 Å². The van der Waals surface area contributed by atoms with Gasteiger partial charge in [-0.1, -0.05) is 11.6 Å². The molecule has 2 aliphatic rings. The molecular formula is C17H25ClN2O. The molecule has 2 N–H and O–H groups in total. The Morgan fingerprint density at radius 1 is 1.38 bits per heavy atom. The maximum absolute atomic E-state index is 6.48. The number of hydrogen-bond donors (Lipinski definition) is 1. The average molecular weight is 309 g/mol. The van der Waals surface area contributed by atoms with E-state index < -0.39 is 0 Å². The molecule has 1 atom stereocenters. The highest BCUT2D eigenvalue weighted by molar-refractivity contribution is 6.32. The van der Waals surface area contributed by atoms with E-state index in [0.717, 1.165) is 68.2 Å². The summed E-state index contributed by atoms with van der Waals surface area (Å²) < 4.78 is 6.48. The topological polar surface area (TPSA) is 38.5 Å². The molecule has 21 heavy (non-hydrogen) atoms. The molecule has 1 unspecified atom stereocenters. The molecular weight excluding hydrogens is 284 g/mol. The zero-order chi connectivity index (χ0) is 15.0. The summed E-state index contributed by atoms with van der Waals surface area (Å²) in [6.07, 6.45) is 4.36. The molecule has 4 heteroatoms. The Hall–Kier alpha value is -0.770. The molecule has 2 heterocycles. The molecule has 2 aliphatic heterocycles. The highest BCUT2D eigenvalue weighted by Gasteiger charge is 2.42. The number of nitrogens with zero attached hydrogens (tertiary/aromatic N) is 1. The van der Waals surface area contributed by atoms with Crippen molar-refractivity contribution >= 4 is 11.6 Å². The molecule has 3 nitrogen and oxygen atoms in total. The van der Waals surface area contributed by atoms with E-state index in [1.807, 2.05) is 0 Å². The van der Waals surface area contributed by atoms with Crippen LogP contribution in [-0.4, -0.2) is 36.7 Å². The Bertz CT molecular complexity index is 546. The van der Waals surface area contributed by atoms with Crippen LogP contribution in [0.2, 0.25) is 5.02 Å². The third kappa shape index (κ3) is 2.79. The van der Waals surface area contributed by atoms with Crippen molar-refractivity contribution in [1.82, 2.24) is 4.90 Å². The van der Waals surface area contributed by atoms with Gasteiger partial charge in [0.1, 0.15) is 11.4 Å². The smallest absolute Gasteiger partial charge is 0.124 e. The summed E-state index contributed by atoms with van der Waals surface area (Å²) in [5, 5.41) is 0.893. The fraction of sp³-hybridized carbons (Fsp3) is 0.647. The summed E-state index contributed by atoms with van der Waals surface area (Å²) in [4.78, 5) is 2.49. The largest absolute Gasteiger partial charge is 0.486 e. The van der Waals surface area contributed by atoms with Crippen molar-refractivity contribution in [1.29, 1.82) is 0 Å². The van der Waals surface area contributed by atoms with E-state index in [1.165, 1.54) is 11.1 Å². The Kier molecular flexibility index (Phi) is 4.17. The van der Waals surface area contributed by atoms with Crippen molar-refractivity contribution in [2.45, 2.75) is 45.1 Å². The zero-order valence-corrected chi connectivity index (χ0v) is 13.8. The van der Waals surface area contributed by atoms with Gasteiger partial charge in [-0.25, -0.2) is 0 Å². The minimum Gasteiger partial charge on any atom is -0.486 e. The minimum atomic E-state index is 0.00824. The van der Waals surface area contributed by atoms with Gasteiger partial charge in [-0.05, 0) is 69.0 Å². The third-order valence-corrected chi connectivity index (χ3v) is 5.59. The quantitative estimate of drug-likeness (QED) is 0.932. The second kappa shape index (κ2) is 5.79. The zero-order valence-electron chi connectivity index (χ0n) is 13.0. The summed E-state index contributed by atoms with van der Waals surface area (Å²) in [5.74, 6) is 1.06. The average Bonchev–Trinajstić information content (AvgIpc) is 2.85. The second-order valence-electron chi connectivity index (χ2n) is 6.56.